The summed E-state index contributed by atoms with van der Waals surface area (Å²) in [6.45, 7) is 3.50. The number of amides is 2. The lowest BCUT2D eigenvalue weighted by atomic mass is 10.2. The van der Waals surface area contributed by atoms with Crippen molar-refractivity contribution in [2.24, 2.45) is 0 Å². The molecule has 11 heteroatoms. The molecule has 1 saturated heterocycles. The highest BCUT2D eigenvalue weighted by Gasteiger charge is 2.32. The van der Waals surface area contributed by atoms with E-state index in [1.807, 2.05) is 4.90 Å². The SMILES string of the molecule is O=C(NCCc1cn2c(n1)CCCC2)N1CCCN(c2ncc(C(F)(F)F)cc2Cl)CC1. The zero-order valence-electron chi connectivity index (χ0n) is 17.7. The Balaban J connectivity index is 1.28. The van der Waals surface area contributed by atoms with Crippen molar-refractivity contribution in [3.63, 3.8) is 0 Å². The Morgan fingerprint density at radius 1 is 1.12 bits per heavy atom. The van der Waals surface area contributed by atoms with Crippen LogP contribution in [0.2, 0.25) is 5.02 Å². The van der Waals surface area contributed by atoms with Crippen molar-refractivity contribution >= 4 is 23.4 Å². The third-order valence-corrected chi connectivity index (χ3v) is 6.13. The fraction of sp³-hybridized carbons (Fsp3) is 0.571. The first-order valence-corrected chi connectivity index (χ1v) is 11.2. The van der Waals surface area contributed by atoms with Gasteiger partial charge < -0.3 is 19.7 Å². The smallest absolute Gasteiger partial charge is 0.354 e. The molecular weight excluding hydrogens is 445 g/mol. The van der Waals surface area contributed by atoms with Gasteiger partial charge in [-0.2, -0.15) is 13.2 Å². The third kappa shape index (κ3) is 5.28. The van der Waals surface area contributed by atoms with Crippen LogP contribution in [0, 0.1) is 0 Å². The molecule has 2 amide bonds. The number of nitrogens with one attached hydrogen (secondary N) is 1. The van der Waals surface area contributed by atoms with Crippen LogP contribution in [0.1, 0.15) is 36.3 Å². The first kappa shape index (κ1) is 22.7. The van der Waals surface area contributed by atoms with Crippen LogP contribution >= 0.6 is 11.6 Å². The molecule has 0 atom stereocenters. The van der Waals surface area contributed by atoms with Gasteiger partial charge in [-0.3, -0.25) is 0 Å². The Bertz CT molecular complexity index is 940. The van der Waals surface area contributed by atoms with Crippen molar-refractivity contribution in [1.82, 2.24) is 24.8 Å². The van der Waals surface area contributed by atoms with Crippen LogP contribution in [0.3, 0.4) is 0 Å². The van der Waals surface area contributed by atoms with Gasteiger partial charge in [-0.1, -0.05) is 11.6 Å². The van der Waals surface area contributed by atoms with Gasteiger partial charge in [0, 0.05) is 64.5 Å². The molecule has 4 heterocycles. The van der Waals surface area contributed by atoms with Crippen LogP contribution in [0.5, 0.6) is 0 Å². The van der Waals surface area contributed by atoms with E-state index in [9.17, 15) is 18.0 Å². The molecule has 174 valence electrons. The predicted molar refractivity (Wildman–Crippen MR) is 115 cm³/mol. The summed E-state index contributed by atoms with van der Waals surface area (Å²) in [4.78, 5) is 24.7. The van der Waals surface area contributed by atoms with E-state index >= 15 is 0 Å². The zero-order valence-corrected chi connectivity index (χ0v) is 18.4. The second-order valence-electron chi connectivity index (χ2n) is 8.14. The summed E-state index contributed by atoms with van der Waals surface area (Å²) >= 11 is 6.08. The fourth-order valence-electron chi connectivity index (χ4n) is 4.15. The molecule has 32 heavy (non-hydrogen) atoms. The van der Waals surface area contributed by atoms with Crippen LogP contribution < -0.4 is 10.2 Å². The molecule has 2 aromatic heterocycles. The monoisotopic (exact) mass is 470 g/mol. The first-order valence-electron chi connectivity index (χ1n) is 10.9. The number of hydrogen-bond donors (Lipinski definition) is 1. The van der Waals surface area contributed by atoms with E-state index in [1.54, 1.807) is 4.90 Å². The van der Waals surface area contributed by atoms with Crippen LogP contribution in [0.15, 0.2) is 18.5 Å². The van der Waals surface area contributed by atoms with Crippen molar-refractivity contribution < 1.29 is 18.0 Å². The molecule has 0 bridgehead atoms. The third-order valence-electron chi connectivity index (χ3n) is 5.85. The summed E-state index contributed by atoms with van der Waals surface area (Å²) in [6, 6.07) is 0.745. The predicted octanol–water partition coefficient (Wildman–Crippen LogP) is 3.75. The minimum Gasteiger partial charge on any atom is -0.354 e. The molecule has 1 fully saturated rings. The van der Waals surface area contributed by atoms with Crippen molar-refractivity contribution in [2.45, 2.75) is 44.8 Å². The number of pyridine rings is 1. The van der Waals surface area contributed by atoms with Crippen LogP contribution in [-0.4, -0.2) is 58.2 Å². The molecule has 1 N–H and O–H groups in total. The van der Waals surface area contributed by atoms with E-state index in [0.717, 1.165) is 36.7 Å². The van der Waals surface area contributed by atoms with Crippen LogP contribution in [0.25, 0.3) is 0 Å². The van der Waals surface area contributed by atoms with E-state index < -0.39 is 11.7 Å². The van der Waals surface area contributed by atoms with Crippen molar-refractivity contribution in [3.05, 3.63) is 40.6 Å². The second kappa shape index (κ2) is 9.56. The molecule has 0 aliphatic carbocycles. The molecule has 4 rings (SSSR count). The maximum Gasteiger partial charge on any atom is 0.417 e. The summed E-state index contributed by atoms with van der Waals surface area (Å²) in [5.74, 6) is 1.44. The summed E-state index contributed by atoms with van der Waals surface area (Å²) in [5, 5.41) is 2.91. The highest BCUT2D eigenvalue weighted by Crippen LogP contribution is 2.33. The lowest BCUT2D eigenvalue weighted by molar-refractivity contribution is -0.137. The summed E-state index contributed by atoms with van der Waals surface area (Å²) in [5.41, 5.74) is 0.118. The van der Waals surface area contributed by atoms with E-state index in [4.69, 9.17) is 11.6 Å². The average Bonchev–Trinajstić information content (AvgIpc) is 3.00. The number of imidazole rings is 1. The lowest BCUT2D eigenvalue weighted by Gasteiger charge is -2.24. The standard InChI is InChI=1S/C21H26ClF3N6O/c22-17-12-15(21(23,24)25)13-27-19(17)29-8-3-9-30(11-10-29)20(32)26-6-5-16-14-31-7-2-1-4-18(31)28-16/h12-14H,1-11H2,(H,26,32). The van der Waals surface area contributed by atoms with Crippen LogP contribution in [0.4, 0.5) is 23.8 Å². The number of rotatable bonds is 4. The van der Waals surface area contributed by atoms with Gasteiger partial charge in [0.05, 0.1) is 16.3 Å². The van der Waals surface area contributed by atoms with Gasteiger partial charge in [0.25, 0.3) is 0 Å². The van der Waals surface area contributed by atoms with Gasteiger partial charge in [-0.25, -0.2) is 14.8 Å². The van der Waals surface area contributed by atoms with Gasteiger partial charge in [-0.15, -0.1) is 0 Å². The summed E-state index contributed by atoms with van der Waals surface area (Å²) < 4.78 is 40.7. The summed E-state index contributed by atoms with van der Waals surface area (Å²) in [6.07, 6.45) is 3.09. The number of nitrogens with zero attached hydrogens (tertiary/aromatic N) is 5. The highest BCUT2D eigenvalue weighted by molar-refractivity contribution is 6.33. The molecule has 2 aliphatic rings. The molecule has 0 spiro atoms. The first-order chi connectivity index (χ1) is 15.3. The highest BCUT2D eigenvalue weighted by atomic mass is 35.5. The molecule has 2 aromatic rings. The molecule has 7 nitrogen and oxygen atoms in total. The van der Waals surface area contributed by atoms with E-state index in [2.05, 4.69) is 26.0 Å². The van der Waals surface area contributed by atoms with Gasteiger partial charge in [0.1, 0.15) is 11.6 Å². The summed E-state index contributed by atoms with van der Waals surface area (Å²) in [7, 11) is 0. The number of carbonyl (C=O) groups is 1. The van der Waals surface area contributed by atoms with Gasteiger partial charge in [-0.05, 0) is 25.3 Å². The minimum atomic E-state index is -4.49. The Kier molecular flexibility index (Phi) is 6.78. The van der Waals surface area contributed by atoms with Gasteiger partial charge in [0.15, 0.2) is 0 Å². The Hall–Kier alpha value is -2.49. The number of urea groups is 1. The Morgan fingerprint density at radius 3 is 2.72 bits per heavy atom. The number of anilines is 1. The second-order valence-corrected chi connectivity index (χ2v) is 8.54. The molecule has 0 saturated carbocycles. The molecule has 2 aliphatic heterocycles. The molecule has 0 radical (unpaired) electrons. The molecular formula is C21H26ClF3N6O. The van der Waals surface area contributed by atoms with Crippen LogP contribution in [-0.2, 0) is 25.6 Å². The van der Waals surface area contributed by atoms with Gasteiger partial charge in [0.2, 0.25) is 0 Å². The van der Waals surface area contributed by atoms with Gasteiger partial charge >= 0.3 is 12.2 Å². The number of aromatic nitrogens is 3. The molecule has 0 unspecified atom stereocenters. The normalized spacial score (nSPS) is 17.1. The fourth-order valence-corrected chi connectivity index (χ4v) is 4.44. The van der Waals surface area contributed by atoms with E-state index in [0.29, 0.717) is 51.4 Å². The number of hydrogen-bond acceptors (Lipinski definition) is 4. The number of carbonyl (C=O) groups excluding carboxylic acids is 1. The quantitative estimate of drug-likeness (QED) is 0.739. The number of halogens is 4. The maximum absolute atomic E-state index is 12.8. The topological polar surface area (TPSA) is 66.3 Å². The zero-order chi connectivity index (χ0) is 22.7. The Labute approximate surface area is 189 Å². The Morgan fingerprint density at radius 2 is 1.97 bits per heavy atom. The largest absolute Gasteiger partial charge is 0.417 e. The average molecular weight is 471 g/mol. The maximum atomic E-state index is 12.8. The molecule has 0 aromatic carbocycles. The minimum absolute atomic E-state index is 0.0412. The van der Waals surface area contributed by atoms with Crippen molar-refractivity contribution in [3.8, 4) is 0 Å². The number of fused-ring (bicyclic) bond motifs is 1. The van der Waals surface area contributed by atoms with E-state index in [-0.39, 0.29) is 11.1 Å². The lowest BCUT2D eigenvalue weighted by Crippen LogP contribution is -2.42. The van der Waals surface area contributed by atoms with E-state index in [1.165, 1.54) is 12.8 Å². The number of alkyl halides is 3. The van der Waals surface area contributed by atoms with Crippen molar-refractivity contribution in [2.75, 3.05) is 37.6 Å². The number of aryl methyl sites for hydroxylation is 2. The van der Waals surface area contributed by atoms with Crippen molar-refractivity contribution in [1.29, 1.82) is 0 Å².